The van der Waals surface area contributed by atoms with E-state index in [9.17, 15) is 14.4 Å². The highest BCUT2D eigenvalue weighted by Crippen LogP contribution is 1.92. The molecule has 0 aliphatic rings. The van der Waals surface area contributed by atoms with Gasteiger partial charge in [0.05, 0.1) is 0 Å². The van der Waals surface area contributed by atoms with Crippen molar-refractivity contribution in [2.75, 3.05) is 0 Å². The van der Waals surface area contributed by atoms with Gasteiger partial charge in [0, 0.05) is 12.8 Å². The van der Waals surface area contributed by atoms with Crippen molar-refractivity contribution < 1.29 is 24.6 Å². The zero-order valence-electron chi connectivity index (χ0n) is 8.47. The van der Waals surface area contributed by atoms with Gasteiger partial charge in [-0.1, -0.05) is 6.92 Å². The second-order valence-corrected chi connectivity index (χ2v) is 2.70. The summed E-state index contributed by atoms with van der Waals surface area (Å²) in [6, 6.07) is -0.979. The van der Waals surface area contributed by atoms with Crippen LogP contribution in [0.4, 0.5) is 0 Å². The maximum Gasteiger partial charge on any atom is 0.320 e. The number of carboxylic acid groups (broad SMARTS) is 2. The molecule has 0 spiro atoms. The van der Waals surface area contributed by atoms with Crippen molar-refractivity contribution in [2.45, 2.75) is 32.2 Å². The average Bonchev–Trinajstić information content (AvgIpc) is 2.14. The number of carbonyl (C=O) groups excluding carboxylic acids is 1. The Labute approximate surface area is 87.1 Å². The number of aliphatic carboxylic acids is 2. The minimum absolute atomic E-state index is 0.0213. The number of hydrogen-bond donors (Lipinski definition) is 4. The minimum Gasteiger partial charge on any atom is -0.481 e. The number of carbonyl (C=O) groups is 3. The maximum atomic E-state index is 10.1. The van der Waals surface area contributed by atoms with Gasteiger partial charge in [0.25, 0.3) is 0 Å². The Morgan fingerprint density at radius 3 is 1.87 bits per heavy atom. The summed E-state index contributed by atoms with van der Waals surface area (Å²) in [4.78, 5) is 29.5. The van der Waals surface area contributed by atoms with Crippen molar-refractivity contribution in [1.82, 2.24) is 0 Å². The fourth-order valence-electron chi connectivity index (χ4n) is 0.421. The Morgan fingerprint density at radius 1 is 1.27 bits per heavy atom. The highest BCUT2D eigenvalue weighted by Gasteiger charge is 2.11. The first-order chi connectivity index (χ1) is 6.81. The van der Waals surface area contributed by atoms with E-state index in [0.717, 1.165) is 0 Å². The molecule has 0 saturated heterocycles. The standard InChI is InChI=1S/C5H10N2O3.C3H6O2/c6-3(5(9)10)1-2-4(7)8;1-2-3(4)5/h3H,1-2,6H2,(H2,7,8)(H,9,10);2H2,1H3,(H,4,5)/t3-;/m0./s1. The minimum atomic E-state index is -1.11. The van der Waals surface area contributed by atoms with Crippen LogP contribution in [0, 0.1) is 0 Å². The van der Waals surface area contributed by atoms with Crippen LogP contribution >= 0.6 is 0 Å². The Kier molecular flexibility index (Phi) is 9.44. The van der Waals surface area contributed by atoms with Crippen molar-refractivity contribution >= 4 is 17.8 Å². The average molecular weight is 220 g/mol. The summed E-state index contributed by atoms with van der Waals surface area (Å²) in [5.41, 5.74) is 9.81. The summed E-state index contributed by atoms with van der Waals surface area (Å²) < 4.78 is 0. The van der Waals surface area contributed by atoms with Crippen LogP contribution in [-0.4, -0.2) is 34.1 Å². The van der Waals surface area contributed by atoms with Gasteiger partial charge in [0.15, 0.2) is 0 Å². The molecule has 88 valence electrons. The molecule has 15 heavy (non-hydrogen) atoms. The maximum absolute atomic E-state index is 10.1. The quantitative estimate of drug-likeness (QED) is 0.474. The van der Waals surface area contributed by atoms with E-state index >= 15 is 0 Å². The molecule has 0 saturated carbocycles. The number of nitrogens with two attached hydrogens (primary N) is 2. The van der Waals surface area contributed by atoms with Gasteiger partial charge in [0.2, 0.25) is 5.91 Å². The second-order valence-electron chi connectivity index (χ2n) is 2.70. The van der Waals surface area contributed by atoms with E-state index in [0.29, 0.717) is 0 Å². The van der Waals surface area contributed by atoms with Crippen LogP contribution in [-0.2, 0) is 14.4 Å². The molecule has 0 unspecified atom stereocenters. The van der Waals surface area contributed by atoms with Crippen LogP contribution < -0.4 is 11.5 Å². The van der Waals surface area contributed by atoms with Crippen LogP contribution in [0.1, 0.15) is 26.2 Å². The van der Waals surface area contributed by atoms with E-state index in [4.69, 9.17) is 21.7 Å². The molecule has 7 heteroatoms. The van der Waals surface area contributed by atoms with Gasteiger partial charge in [-0.3, -0.25) is 14.4 Å². The summed E-state index contributed by atoms with van der Waals surface area (Å²) in [5, 5.41) is 15.9. The van der Waals surface area contributed by atoms with Gasteiger partial charge in [0.1, 0.15) is 6.04 Å². The topological polar surface area (TPSA) is 144 Å². The zero-order chi connectivity index (χ0) is 12.4. The van der Waals surface area contributed by atoms with Crippen molar-refractivity contribution in [2.24, 2.45) is 11.5 Å². The van der Waals surface area contributed by atoms with Crippen molar-refractivity contribution in [3.8, 4) is 0 Å². The first-order valence-corrected chi connectivity index (χ1v) is 4.29. The fraction of sp³-hybridized carbons (Fsp3) is 0.625. The normalized spacial score (nSPS) is 10.8. The molecule has 6 N–H and O–H groups in total. The fourth-order valence-corrected chi connectivity index (χ4v) is 0.421. The number of primary amides is 1. The van der Waals surface area contributed by atoms with E-state index in [-0.39, 0.29) is 19.3 Å². The molecule has 0 aliphatic carbocycles. The summed E-state index contributed by atoms with van der Waals surface area (Å²) in [7, 11) is 0. The number of hydrogen-bond acceptors (Lipinski definition) is 4. The second kappa shape index (κ2) is 8.95. The number of rotatable bonds is 5. The van der Waals surface area contributed by atoms with Crippen LogP contribution in [0.25, 0.3) is 0 Å². The van der Waals surface area contributed by atoms with E-state index in [1.54, 1.807) is 6.92 Å². The summed E-state index contributed by atoms with van der Waals surface area (Å²) >= 11 is 0. The van der Waals surface area contributed by atoms with E-state index in [1.165, 1.54) is 0 Å². The third-order valence-corrected chi connectivity index (χ3v) is 1.32. The highest BCUT2D eigenvalue weighted by molar-refractivity contribution is 5.76. The van der Waals surface area contributed by atoms with Gasteiger partial charge in [-0.25, -0.2) is 0 Å². The predicted octanol–water partition coefficient (Wildman–Crippen LogP) is -0.855. The summed E-state index contributed by atoms with van der Waals surface area (Å²) in [6.45, 7) is 1.60. The third kappa shape index (κ3) is 15.2. The van der Waals surface area contributed by atoms with Gasteiger partial charge in [-0.15, -0.1) is 0 Å². The van der Waals surface area contributed by atoms with E-state index in [1.807, 2.05) is 0 Å². The molecular formula is C8H16N2O5. The smallest absolute Gasteiger partial charge is 0.320 e. The molecule has 0 aliphatic heterocycles. The Morgan fingerprint density at radius 2 is 1.67 bits per heavy atom. The molecule has 0 bridgehead atoms. The number of amides is 1. The molecule has 0 aromatic carbocycles. The van der Waals surface area contributed by atoms with Crippen LogP contribution in [0.5, 0.6) is 0 Å². The van der Waals surface area contributed by atoms with Crippen LogP contribution in [0.2, 0.25) is 0 Å². The molecule has 0 heterocycles. The Hall–Kier alpha value is -1.63. The van der Waals surface area contributed by atoms with Gasteiger partial charge >= 0.3 is 11.9 Å². The highest BCUT2D eigenvalue weighted by atomic mass is 16.4. The molecule has 1 atom stereocenters. The lowest BCUT2D eigenvalue weighted by atomic mass is 10.2. The van der Waals surface area contributed by atoms with Crippen LogP contribution in [0.3, 0.4) is 0 Å². The molecule has 1 amide bonds. The lowest BCUT2D eigenvalue weighted by Gasteiger charge is -2.01. The Balaban J connectivity index is 0. The zero-order valence-corrected chi connectivity index (χ0v) is 8.47. The van der Waals surface area contributed by atoms with Gasteiger partial charge in [-0.05, 0) is 6.42 Å². The van der Waals surface area contributed by atoms with Crippen molar-refractivity contribution in [3.05, 3.63) is 0 Å². The van der Waals surface area contributed by atoms with E-state index < -0.39 is 23.9 Å². The first-order valence-electron chi connectivity index (χ1n) is 4.29. The van der Waals surface area contributed by atoms with Crippen molar-refractivity contribution in [3.63, 3.8) is 0 Å². The van der Waals surface area contributed by atoms with Crippen LogP contribution in [0.15, 0.2) is 0 Å². The summed E-state index contributed by atoms with van der Waals surface area (Å²) in [5.74, 6) is -2.39. The summed E-state index contributed by atoms with van der Waals surface area (Å²) in [6.07, 6.45) is 0.345. The SMILES string of the molecule is CCC(=O)O.NC(=O)CC[C@H](N)C(=O)O. The first kappa shape index (κ1) is 15.8. The molecule has 0 aromatic rings. The lowest BCUT2D eigenvalue weighted by Crippen LogP contribution is -2.31. The third-order valence-electron chi connectivity index (χ3n) is 1.32. The van der Waals surface area contributed by atoms with Crippen molar-refractivity contribution in [1.29, 1.82) is 0 Å². The Bertz CT molecular complexity index is 229. The van der Waals surface area contributed by atoms with E-state index in [2.05, 4.69) is 0 Å². The molecule has 0 radical (unpaired) electrons. The predicted molar refractivity (Wildman–Crippen MR) is 52.0 cm³/mol. The van der Waals surface area contributed by atoms with Gasteiger partial charge < -0.3 is 21.7 Å². The largest absolute Gasteiger partial charge is 0.481 e. The molecule has 0 aromatic heterocycles. The van der Waals surface area contributed by atoms with Gasteiger partial charge in [-0.2, -0.15) is 0 Å². The molecule has 0 rings (SSSR count). The monoisotopic (exact) mass is 220 g/mol. The molecule has 0 fully saturated rings. The molecular weight excluding hydrogens is 204 g/mol. The molecule has 7 nitrogen and oxygen atoms in total. The number of carboxylic acids is 2. The lowest BCUT2D eigenvalue weighted by molar-refractivity contribution is -0.139.